The summed E-state index contributed by atoms with van der Waals surface area (Å²) >= 11 is 0. The van der Waals surface area contributed by atoms with Crippen molar-refractivity contribution in [2.45, 2.75) is 12.8 Å². The highest BCUT2D eigenvalue weighted by molar-refractivity contribution is 5.94. The lowest BCUT2D eigenvalue weighted by atomic mass is 10.2. The molecule has 6 heteroatoms. The van der Waals surface area contributed by atoms with E-state index in [0.717, 1.165) is 56.7 Å². The van der Waals surface area contributed by atoms with Crippen LogP contribution >= 0.6 is 0 Å². The molecule has 2 amide bonds. The Hall–Kier alpha value is -2.99. The highest BCUT2D eigenvalue weighted by Crippen LogP contribution is 2.09. The predicted molar refractivity (Wildman–Crippen MR) is 114 cm³/mol. The molecule has 6 nitrogen and oxygen atoms in total. The topological polar surface area (TPSA) is 65.5 Å². The summed E-state index contributed by atoms with van der Waals surface area (Å²) in [5.41, 5.74) is 1.67. The van der Waals surface area contributed by atoms with Gasteiger partial charge in [0.05, 0.1) is 0 Å². The van der Waals surface area contributed by atoms with E-state index in [2.05, 4.69) is 15.2 Å². The zero-order chi connectivity index (χ0) is 20.3. The summed E-state index contributed by atoms with van der Waals surface area (Å²) in [6.45, 7) is 5.00. The number of benzene rings is 1. The van der Waals surface area contributed by atoms with Crippen molar-refractivity contribution in [3.63, 3.8) is 0 Å². The summed E-state index contributed by atoms with van der Waals surface area (Å²) in [4.78, 5) is 32.6. The summed E-state index contributed by atoms with van der Waals surface area (Å²) in [5.74, 6) is 0.0363. The van der Waals surface area contributed by atoms with Crippen LogP contribution in [0.25, 0.3) is 6.08 Å². The van der Waals surface area contributed by atoms with Crippen LogP contribution in [0, 0.1) is 0 Å². The summed E-state index contributed by atoms with van der Waals surface area (Å²) in [6.07, 6.45) is 8.70. The fraction of sp³-hybridized carbons (Fsp3) is 0.348. The molecule has 1 aromatic heterocycles. The average Bonchev–Trinajstić information content (AvgIpc) is 2.79. The molecule has 0 radical (unpaired) electrons. The maximum Gasteiger partial charge on any atom is 0.253 e. The number of hydrogen-bond donors (Lipinski definition) is 1. The number of pyridine rings is 1. The van der Waals surface area contributed by atoms with E-state index in [1.165, 1.54) is 0 Å². The van der Waals surface area contributed by atoms with Gasteiger partial charge in [-0.15, -0.1) is 0 Å². The number of hydrogen-bond acceptors (Lipinski definition) is 4. The van der Waals surface area contributed by atoms with Gasteiger partial charge in [0.2, 0.25) is 5.91 Å². The molecule has 0 aliphatic carbocycles. The molecule has 1 aromatic carbocycles. The van der Waals surface area contributed by atoms with Crippen molar-refractivity contribution in [1.29, 1.82) is 0 Å². The molecule has 0 spiro atoms. The SMILES string of the molecule is O=C(C=Cc1cccnc1)NCCCCN1CCN(C(=O)c2ccccc2)CC1. The monoisotopic (exact) mass is 392 g/mol. The Kier molecular flexibility index (Phi) is 7.95. The van der Waals surface area contributed by atoms with E-state index in [0.29, 0.717) is 6.54 Å². The van der Waals surface area contributed by atoms with Crippen LogP contribution in [0.3, 0.4) is 0 Å². The van der Waals surface area contributed by atoms with Crippen molar-refractivity contribution < 1.29 is 9.59 Å². The van der Waals surface area contributed by atoms with Gasteiger partial charge in [0, 0.05) is 56.8 Å². The first-order valence-corrected chi connectivity index (χ1v) is 10.1. The molecule has 1 N–H and O–H groups in total. The molecular weight excluding hydrogens is 364 g/mol. The molecule has 1 saturated heterocycles. The fourth-order valence-corrected chi connectivity index (χ4v) is 3.32. The maximum absolute atomic E-state index is 12.5. The van der Waals surface area contributed by atoms with Gasteiger partial charge in [-0.05, 0) is 49.2 Å². The number of nitrogens with one attached hydrogen (secondary N) is 1. The molecule has 0 unspecified atom stereocenters. The molecular formula is C23H28N4O2. The van der Waals surface area contributed by atoms with Crippen LogP contribution in [0.4, 0.5) is 0 Å². The number of piperazine rings is 1. The largest absolute Gasteiger partial charge is 0.353 e. The van der Waals surface area contributed by atoms with E-state index in [1.807, 2.05) is 47.4 Å². The number of carbonyl (C=O) groups is 2. The van der Waals surface area contributed by atoms with Gasteiger partial charge in [0.25, 0.3) is 5.91 Å². The first kappa shape index (κ1) is 20.7. The first-order chi connectivity index (χ1) is 14.2. The Labute approximate surface area is 172 Å². The zero-order valence-corrected chi connectivity index (χ0v) is 16.7. The van der Waals surface area contributed by atoms with Crippen LogP contribution in [0.5, 0.6) is 0 Å². The first-order valence-electron chi connectivity index (χ1n) is 10.1. The Morgan fingerprint density at radius 2 is 1.79 bits per heavy atom. The average molecular weight is 393 g/mol. The number of amides is 2. The van der Waals surface area contributed by atoms with Gasteiger partial charge in [-0.1, -0.05) is 24.3 Å². The second-order valence-corrected chi connectivity index (χ2v) is 7.12. The molecule has 0 saturated carbocycles. The fourth-order valence-electron chi connectivity index (χ4n) is 3.32. The van der Waals surface area contributed by atoms with Gasteiger partial charge < -0.3 is 10.2 Å². The van der Waals surface area contributed by atoms with Crippen LogP contribution in [-0.4, -0.2) is 65.9 Å². The molecule has 1 aliphatic heterocycles. The molecule has 2 heterocycles. The van der Waals surface area contributed by atoms with Crippen LogP contribution in [0.2, 0.25) is 0 Å². The molecule has 3 rings (SSSR count). The normalized spacial score (nSPS) is 14.8. The Bertz CT molecular complexity index is 800. The Morgan fingerprint density at radius 3 is 2.52 bits per heavy atom. The lowest BCUT2D eigenvalue weighted by Crippen LogP contribution is -2.48. The summed E-state index contributed by atoms with van der Waals surface area (Å²) < 4.78 is 0. The number of rotatable bonds is 8. The van der Waals surface area contributed by atoms with Crippen molar-refractivity contribution >= 4 is 17.9 Å². The van der Waals surface area contributed by atoms with Gasteiger partial charge in [-0.25, -0.2) is 0 Å². The van der Waals surface area contributed by atoms with Crippen molar-refractivity contribution in [3.8, 4) is 0 Å². The molecule has 29 heavy (non-hydrogen) atoms. The van der Waals surface area contributed by atoms with E-state index in [-0.39, 0.29) is 11.8 Å². The second kappa shape index (κ2) is 11.1. The van der Waals surface area contributed by atoms with Crippen LogP contribution in [-0.2, 0) is 4.79 Å². The minimum atomic E-state index is -0.0816. The molecule has 1 fully saturated rings. The quantitative estimate of drug-likeness (QED) is 0.554. The molecule has 0 bridgehead atoms. The third-order valence-electron chi connectivity index (χ3n) is 4.99. The minimum absolute atomic E-state index is 0.0816. The summed E-state index contributed by atoms with van der Waals surface area (Å²) in [6, 6.07) is 13.2. The molecule has 1 aliphatic rings. The third kappa shape index (κ3) is 6.84. The standard InChI is InChI=1S/C23H28N4O2/c28-22(11-10-20-7-6-12-24-19-20)25-13-4-5-14-26-15-17-27(18-16-26)23(29)21-8-2-1-3-9-21/h1-3,6-12,19H,4-5,13-18H2,(H,25,28). The zero-order valence-electron chi connectivity index (χ0n) is 16.7. The van der Waals surface area contributed by atoms with E-state index < -0.39 is 0 Å². The third-order valence-corrected chi connectivity index (χ3v) is 4.99. The molecule has 2 aromatic rings. The van der Waals surface area contributed by atoms with E-state index in [1.54, 1.807) is 24.5 Å². The maximum atomic E-state index is 12.5. The minimum Gasteiger partial charge on any atom is -0.353 e. The van der Waals surface area contributed by atoms with Crippen LogP contribution < -0.4 is 5.32 Å². The van der Waals surface area contributed by atoms with E-state index >= 15 is 0 Å². The summed E-state index contributed by atoms with van der Waals surface area (Å²) in [5, 5.41) is 2.91. The smallest absolute Gasteiger partial charge is 0.253 e. The van der Waals surface area contributed by atoms with Crippen LogP contribution in [0.15, 0.2) is 60.9 Å². The number of carbonyl (C=O) groups excluding carboxylic acids is 2. The highest BCUT2D eigenvalue weighted by atomic mass is 16.2. The number of nitrogens with zero attached hydrogens (tertiary/aromatic N) is 3. The lowest BCUT2D eigenvalue weighted by Gasteiger charge is -2.34. The highest BCUT2D eigenvalue weighted by Gasteiger charge is 2.21. The van der Waals surface area contributed by atoms with E-state index in [9.17, 15) is 9.59 Å². The van der Waals surface area contributed by atoms with E-state index in [4.69, 9.17) is 0 Å². The second-order valence-electron chi connectivity index (χ2n) is 7.12. The molecule has 0 atom stereocenters. The lowest BCUT2D eigenvalue weighted by molar-refractivity contribution is -0.116. The number of aromatic nitrogens is 1. The van der Waals surface area contributed by atoms with Crippen molar-refractivity contribution in [3.05, 3.63) is 72.1 Å². The Balaban J connectivity index is 1.27. The van der Waals surface area contributed by atoms with Gasteiger partial charge >= 0.3 is 0 Å². The summed E-state index contributed by atoms with van der Waals surface area (Å²) in [7, 11) is 0. The van der Waals surface area contributed by atoms with Crippen LogP contribution in [0.1, 0.15) is 28.8 Å². The van der Waals surface area contributed by atoms with Gasteiger partial charge in [0.1, 0.15) is 0 Å². The van der Waals surface area contributed by atoms with Crippen molar-refractivity contribution in [2.24, 2.45) is 0 Å². The predicted octanol–water partition coefficient (Wildman–Crippen LogP) is 2.45. The number of unbranched alkanes of at least 4 members (excludes halogenated alkanes) is 1. The van der Waals surface area contributed by atoms with Crippen molar-refractivity contribution in [1.82, 2.24) is 20.1 Å². The van der Waals surface area contributed by atoms with Gasteiger partial charge in [-0.2, -0.15) is 0 Å². The van der Waals surface area contributed by atoms with Gasteiger partial charge in [-0.3, -0.25) is 19.5 Å². The molecule has 152 valence electrons. The Morgan fingerprint density at radius 1 is 1.00 bits per heavy atom. The van der Waals surface area contributed by atoms with Crippen molar-refractivity contribution in [2.75, 3.05) is 39.3 Å². The van der Waals surface area contributed by atoms with Gasteiger partial charge in [0.15, 0.2) is 0 Å².